The molecule has 1 unspecified atom stereocenters. The highest BCUT2D eigenvalue weighted by Crippen LogP contribution is 2.35. The highest BCUT2D eigenvalue weighted by molar-refractivity contribution is 6.35. The lowest BCUT2D eigenvalue weighted by Gasteiger charge is -2.34. The number of imide groups is 2. The maximum atomic E-state index is 13.9. The van der Waals surface area contributed by atoms with E-state index in [1.807, 2.05) is 13.8 Å². The van der Waals surface area contributed by atoms with Crippen LogP contribution >= 0.6 is 0 Å². The quantitative estimate of drug-likeness (QED) is 0.0624. The molecule has 62 heavy (non-hydrogen) atoms. The van der Waals surface area contributed by atoms with E-state index in [0.717, 1.165) is 81.8 Å². The van der Waals surface area contributed by atoms with Gasteiger partial charge in [0.1, 0.15) is 11.9 Å². The summed E-state index contributed by atoms with van der Waals surface area (Å²) in [6.07, 6.45) is 6.32. The summed E-state index contributed by atoms with van der Waals surface area (Å²) in [5.41, 5.74) is 4.98. The van der Waals surface area contributed by atoms with Crippen LogP contribution in [0.2, 0.25) is 0 Å². The molecular weight excluding hydrogens is 798 g/mol. The van der Waals surface area contributed by atoms with Crippen LogP contribution in [-0.2, 0) is 19.2 Å². The maximum Gasteiger partial charge on any atom is 0.264 e. The first-order valence-corrected chi connectivity index (χ1v) is 21.5. The summed E-state index contributed by atoms with van der Waals surface area (Å²) >= 11 is 0. The number of carbonyl (C=O) groups is 7. The number of fused-ring (bicyclic) bond motifs is 2. The van der Waals surface area contributed by atoms with Crippen molar-refractivity contribution < 1.29 is 38.0 Å². The van der Waals surface area contributed by atoms with E-state index in [2.05, 4.69) is 41.4 Å². The number of H-pyrrole nitrogens is 1. The van der Waals surface area contributed by atoms with Crippen molar-refractivity contribution in [1.29, 1.82) is 0 Å². The molecule has 328 valence electrons. The van der Waals surface area contributed by atoms with E-state index in [1.54, 1.807) is 24.3 Å². The number of halogens is 1. The molecule has 1 aromatic heterocycles. The number of aromatic nitrogens is 1. The zero-order valence-corrected chi connectivity index (χ0v) is 35.2. The molecule has 2 saturated heterocycles. The van der Waals surface area contributed by atoms with Gasteiger partial charge in [-0.1, -0.05) is 6.07 Å². The van der Waals surface area contributed by atoms with Crippen molar-refractivity contribution in [2.24, 2.45) is 0 Å². The van der Waals surface area contributed by atoms with Crippen LogP contribution in [-0.4, -0.2) is 126 Å². The third-order valence-electron chi connectivity index (χ3n) is 12.0. The number of carbonyl (C=O) groups excluding carboxylic acids is 7. The van der Waals surface area contributed by atoms with Crippen LogP contribution in [0, 0.1) is 19.7 Å². The standard InChI is InChI=1S/C45H54FN9O7/c1-27-35(26-32-31-25-29(46)12-13-33(31)51-41(32)58)50-28(2)39(27)43(60)49-18-8-20-54-23-21-53(22-24-54)19-7-11-37(56)48-17-5-3-4-16-47-34-10-6-9-30-40(34)45(62)55(44(30)61)36-14-15-38(57)52-42(36)59/h6,9-10,12-13,25-26,36,47,50H,3-5,7-8,11,14-24H2,1-2H3,(H,48,56)(H,49,60)(H,51,58)(H,52,57,59)/b32-26-. The summed E-state index contributed by atoms with van der Waals surface area (Å²) in [6, 6.07) is 8.16. The number of aromatic amines is 1. The van der Waals surface area contributed by atoms with Crippen molar-refractivity contribution in [1.82, 2.24) is 35.6 Å². The molecule has 4 aliphatic rings. The Morgan fingerprint density at radius 1 is 0.823 bits per heavy atom. The third kappa shape index (κ3) is 9.95. The summed E-state index contributed by atoms with van der Waals surface area (Å²) in [4.78, 5) is 97.5. The molecule has 6 N–H and O–H groups in total. The van der Waals surface area contributed by atoms with Gasteiger partial charge in [0.05, 0.1) is 22.3 Å². The van der Waals surface area contributed by atoms with Gasteiger partial charge in [-0.25, -0.2) is 4.39 Å². The van der Waals surface area contributed by atoms with E-state index in [0.29, 0.717) is 65.5 Å². The van der Waals surface area contributed by atoms with Crippen molar-refractivity contribution in [2.45, 2.75) is 71.3 Å². The third-order valence-corrected chi connectivity index (χ3v) is 12.0. The second-order valence-corrected chi connectivity index (χ2v) is 16.3. The van der Waals surface area contributed by atoms with Gasteiger partial charge in [0.25, 0.3) is 23.6 Å². The van der Waals surface area contributed by atoms with E-state index < -0.39 is 35.5 Å². The average Bonchev–Trinajstić information content (AvgIpc) is 3.81. The molecule has 0 spiro atoms. The topological polar surface area (TPSA) is 205 Å². The Kier molecular flexibility index (Phi) is 13.9. The summed E-state index contributed by atoms with van der Waals surface area (Å²) in [5.74, 6) is -3.03. The Morgan fingerprint density at radius 2 is 1.55 bits per heavy atom. The lowest BCUT2D eigenvalue weighted by atomic mass is 10.0. The SMILES string of the molecule is Cc1[nH]c(/C=C2\C(=O)Nc3ccc(F)cc32)c(C)c1C(=O)NCCCN1CCN(CCCC(=O)NCCCCCNc2cccc3c2C(=O)N(C2CCC(=O)NC2=O)C3=O)CC1. The summed E-state index contributed by atoms with van der Waals surface area (Å²) < 4.78 is 13.9. The predicted molar refractivity (Wildman–Crippen MR) is 231 cm³/mol. The van der Waals surface area contributed by atoms with Gasteiger partial charge in [-0.3, -0.25) is 43.8 Å². The Hall–Kier alpha value is -6.20. The number of aryl methyl sites for hydroxylation is 1. The van der Waals surface area contributed by atoms with Gasteiger partial charge in [0, 0.05) is 87.0 Å². The zero-order valence-electron chi connectivity index (χ0n) is 35.2. The fourth-order valence-corrected chi connectivity index (χ4v) is 8.63. The van der Waals surface area contributed by atoms with Crippen LogP contribution in [0.5, 0.6) is 0 Å². The number of piperidine rings is 1. The number of piperazine rings is 1. The molecule has 3 aromatic rings. The molecule has 5 heterocycles. The minimum absolute atomic E-state index is 0.0364. The van der Waals surface area contributed by atoms with Crippen molar-refractivity contribution >= 4 is 64.4 Å². The normalized spacial score (nSPS) is 18.5. The van der Waals surface area contributed by atoms with Gasteiger partial charge in [0.15, 0.2) is 0 Å². The van der Waals surface area contributed by atoms with Gasteiger partial charge in [-0.2, -0.15) is 0 Å². The average molecular weight is 852 g/mol. The van der Waals surface area contributed by atoms with Crippen molar-refractivity contribution in [2.75, 3.05) is 69.5 Å². The Balaban J connectivity index is 0.725. The summed E-state index contributed by atoms with van der Waals surface area (Å²) in [7, 11) is 0. The Labute approximate surface area is 359 Å². The van der Waals surface area contributed by atoms with Crippen molar-refractivity contribution in [3.63, 3.8) is 0 Å². The fraction of sp³-hybridized carbons (Fsp3) is 0.444. The zero-order chi connectivity index (χ0) is 43.9. The van der Waals surface area contributed by atoms with Crippen molar-refractivity contribution in [3.8, 4) is 0 Å². The molecule has 16 nitrogen and oxygen atoms in total. The van der Waals surface area contributed by atoms with Gasteiger partial charge in [-0.15, -0.1) is 0 Å². The lowest BCUT2D eigenvalue weighted by Crippen LogP contribution is -2.54. The van der Waals surface area contributed by atoms with Gasteiger partial charge >= 0.3 is 0 Å². The first kappa shape index (κ1) is 43.9. The summed E-state index contributed by atoms with van der Waals surface area (Å²) in [6.45, 7) is 10.7. The Morgan fingerprint density at radius 3 is 2.31 bits per heavy atom. The first-order chi connectivity index (χ1) is 29.9. The first-order valence-electron chi connectivity index (χ1n) is 21.5. The molecule has 0 radical (unpaired) electrons. The number of hydrogen-bond donors (Lipinski definition) is 6. The highest BCUT2D eigenvalue weighted by Gasteiger charge is 2.45. The highest BCUT2D eigenvalue weighted by atomic mass is 19.1. The number of anilines is 2. The Bertz CT molecular complexity index is 2300. The number of nitrogens with one attached hydrogen (secondary N) is 6. The van der Waals surface area contributed by atoms with Gasteiger partial charge in [0.2, 0.25) is 17.7 Å². The molecule has 7 rings (SSSR count). The van der Waals surface area contributed by atoms with Crippen LogP contribution in [0.1, 0.15) is 105 Å². The molecule has 0 saturated carbocycles. The summed E-state index contributed by atoms with van der Waals surface area (Å²) in [5, 5.41) is 14.3. The molecule has 0 bridgehead atoms. The van der Waals surface area contributed by atoms with Crippen LogP contribution in [0.4, 0.5) is 15.8 Å². The predicted octanol–water partition coefficient (Wildman–Crippen LogP) is 3.58. The van der Waals surface area contributed by atoms with E-state index in [-0.39, 0.29) is 41.7 Å². The maximum absolute atomic E-state index is 13.9. The number of unbranched alkanes of at least 4 members (excludes halogenated alkanes) is 2. The van der Waals surface area contributed by atoms with E-state index >= 15 is 0 Å². The monoisotopic (exact) mass is 851 g/mol. The molecule has 0 aliphatic carbocycles. The van der Waals surface area contributed by atoms with E-state index in [1.165, 1.54) is 18.2 Å². The smallest absolute Gasteiger partial charge is 0.264 e. The van der Waals surface area contributed by atoms with Crippen LogP contribution in [0.15, 0.2) is 36.4 Å². The lowest BCUT2D eigenvalue weighted by molar-refractivity contribution is -0.136. The molecule has 2 fully saturated rings. The molecule has 2 aromatic carbocycles. The van der Waals surface area contributed by atoms with Crippen LogP contribution < -0.4 is 26.6 Å². The minimum Gasteiger partial charge on any atom is -0.384 e. The second kappa shape index (κ2) is 19.7. The van der Waals surface area contributed by atoms with Crippen LogP contribution in [0.25, 0.3) is 11.6 Å². The fourth-order valence-electron chi connectivity index (χ4n) is 8.63. The number of amides is 7. The molecule has 1 atom stereocenters. The van der Waals surface area contributed by atoms with Gasteiger partial charge < -0.3 is 36.1 Å². The second-order valence-electron chi connectivity index (χ2n) is 16.3. The van der Waals surface area contributed by atoms with E-state index in [4.69, 9.17) is 0 Å². The van der Waals surface area contributed by atoms with Crippen LogP contribution in [0.3, 0.4) is 0 Å². The van der Waals surface area contributed by atoms with Crippen molar-refractivity contribution in [3.05, 3.63) is 81.4 Å². The van der Waals surface area contributed by atoms with E-state index in [9.17, 15) is 38.0 Å². The number of nitrogens with zero attached hydrogens (tertiary/aromatic N) is 3. The molecule has 4 aliphatic heterocycles. The number of hydrogen-bond acceptors (Lipinski definition) is 10. The number of benzene rings is 2. The molecule has 17 heteroatoms. The molecular formula is C45H54FN9O7. The minimum atomic E-state index is -1.01. The molecule has 7 amide bonds. The number of rotatable bonds is 18. The van der Waals surface area contributed by atoms with Gasteiger partial charge in [-0.05, 0) is 107 Å². The largest absolute Gasteiger partial charge is 0.384 e.